The highest BCUT2D eigenvalue weighted by atomic mass is 16.2. The van der Waals surface area contributed by atoms with Crippen molar-refractivity contribution in [3.8, 4) is 0 Å². The molecule has 22 heavy (non-hydrogen) atoms. The molecule has 0 saturated carbocycles. The lowest BCUT2D eigenvalue weighted by molar-refractivity contribution is 0.0637. The van der Waals surface area contributed by atoms with E-state index in [1.54, 1.807) is 6.33 Å². The Morgan fingerprint density at radius 2 is 2.05 bits per heavy atom. The number of amides is 1. The maximum atomic E-state index is 12.9. The lowest BCUT2D eigenvalue weighted by Gasteiger charge is -2.33. The highest BCUT2D eigenvalue weighted by Gasteiger charge is 2.32. The summed E-state index contributed by atoms with van der Waals surface area (Å²) >= 11 is 0. The van der Waals surface area contributed by atoms with Crippen LogP contribution in [0.15, 0.2) is 12.5 Å². The lowest BCUT2D eigenvalue weighted by atomic mass is 10.1. The van der Waals surface area contributed by atoms with Crippen LogP contribution in [0.2, 0.25) is 0 Å². The van der Waals surface area contributed by atoms with Crippen LogP contribution in [0, 0.1) is 6.92 Å². The van der Waals surface area contributed by atoms with Crippen LogP contribution in [0.5, 0.6) is 0 Å². The first kappa shape index (κ1) is 14.7. The molecule has 0 N–H and O–H groups in total. The predicted octanol–water partition coefficient (Wildman–Crippen LogP) is 1.76. The molecule has 3 heterocycles. The Morgan fingerprint density at radius 1 is 1.32 bits per heavy atom. The van der Waals surface area contributed by atoms with E-state index in [0.29, 0.717) is 12.1 Å². The van der Waals surface area contributed by atoms with Gasteiger partial charge in [0.15, 0.2) is 5.82 Å². The second kappa shape index (κ2) is 4.93. The first-order chi connectivity index (χ1) is 10.3. The Labute approximate surface area is 129 Å². The van der Waals surface area contributed by atoms with Crippen molar-refractivity contribution in [3.05, 3.63) is 29.6 Å². The second-order valence-electron chi connectivity index (χ2n) is 6.80. The van der Waals surface area contributed by atoms with Crippen molar-refractivity contribution in [1.82, 2.24) is 29.4 Å². The monoisotopic (exact) mass is 302 g/mol. The van der Waals surface area contributed by atoms with Gasteiger partial charge >= 0.3 is 0 Å². The van der Waals surface area contributed by atoms with Gasteiger partial charge in [0.25, 0.3) is 5.91 Å². The molecule has 3 rings (SSSR count). The van der Waals surface area contributed by atoms with Gasteiger partial charge in [-0.05, 0) is 34.6 Å². The first-order valence-corrected chi connectivity index (χ1v) is 7.54. The zero-order valence-corrected chi connectivity index (χ0v) is 13.7. The number of hydrogen-bond acceptors (Lipinski definition) is 4. The van der Waals surface area contributed by atoms with Crippen molar-refractivity contribution in [2.24, 2.45) is 0 Å². The van der Waals surface area contributed by atoms with Crippen LogP contribution in [-0.4, -0.2) is 41.9 Å². The van der Waals surface area contributed by atoms with Crippen molar-refractivity contribution in [1.29, 1.82) is 0 Å². The van der Waals surface area contributed by atoms with Gasteiger partial charge in [-0.25, -0.2) is 0 Å². The van der Waals surface area contributed by atoms with Gasteiger partial charge in [-0.2, -0.15) is 5.10 Å². The summed E-state index contributed by atoms with van der Waals surface area (Å²) in [5, 5.41) is 12.6. The minimum atomic E-state index is -0.142. The van der Waals surface area contributed by atoms with Gasteiger partial charge in [0, 0.05) is 19.3 Å². The molecule has 0 radical (unpaired) electrons. The summed E-state index contributed by atoms with van der Waals surface area (Å²) in [6.45, 7) is 11.5. The van der Waals surface area contributed by atoms with Gasteiger partial charge in [-0.3, -0.25) is 9.48 Å². The topological polar surface area (TPSA) is 68.8 Å². The van der Waals surface area contributed by atoms with E-state index in [-0.39, 0.29) is 17.5 Å². The fraction of sp³-hybridized carbons (Fsp3) is 0.600. The van der Waals surface area contributed by atoms with Gasteiger partial charge in [-0.1, -0.05) is 0 Å². The Kier molecular flexibility index (Phi) is 3.30. The third-order valence-electron chi connectivity index (χ3n) is 4.15. The first-order valence-electron chi connectivity index (χ1n) is 7.54. The fourth-order valence-corrected chi connectivity index (χ4v) is 2.75. The number of aromatic nitrogens is 5. The van der Waals surface area contributed by atoms with E-state index in [4.69, 9.17) is 0 Å². The van der Waals surface area contributed by atoms with E-state index >= 15 is 0 Å². The van der Waals surface area contributed by atoms with E-state index in [1.165, 1.54) is 0 Å². The maximum Gasteiger partial charge on any atom is 0.257 e. The number of carbonyl (C=O) groups excluding carboxylic acids is 1. The summed E-state index contributed by atoms with van der Waals surface area (Å²) in [6, 6.07) is -0.0823. The van der Waals surface area contributed by atoms with Gasteiger partial charge in [0.1, 0.15) is 6.33 Å². The molecule has 2 aromatic heterocycles. The molecule has 1 atom stereocenters. The molecule has 0 saturated heterocycles. The van der Waals surface area contributed by atoms with Crippen LogP contribution >= 0.6 is 0 Å². The van der Waals surface area contributed by atoms with E-state index < -0.39 is 0 Å². The van der Waals surface area contributed by atoms with Gasteiger partial charge in [-0.15, -0.1) is 10.2 Å². The van der Waals surface area contributed by atoms with Crippen LogP contribution in [0.25, 0.3) is 0 Å². The molecule has 1 aliphatic heterocycles. The number of carbonyl (C=O) groups is 1. The van der Waals surface area contributed by atoms with Crippen LogP contribution in [0.3, 0.4) is 0 Å². The molecular formula is C15H22N6O. The third-order valence-corrected chi connectivity index (χ3v) is 4.15. The normalized spacial score (nSPS) is 18.4. The fourth-order valence-electron chi connectivity index (χ4n) is 2.75. The minimum absolute atomic E-state index is 0.00903. The minimum Gasteiger partial charge on any atom is -0.327 e. The lowest BCUT2D eigenvalue weighted by Crippen LogP contribution is -2.41. The quantitative estimate of drug-likeness (QED) is 0.805. The number of rotatable bonds is 1. The van der Waals surface area contributed by atoms with Crippen molar-refractivity contribution < 1.29 is 4.79 Å². The average molecular weight is 302 g/mol. The molecule has 0 fully saturated rings. The number of nitrogens with zero attached hydrogens (tertiary/aromatic N) is 6. The van der Waals surface area contributed by atoms with E-state index in [1.807, 2.05) is 34.2 Å². The largest absolute Gasteiger partial charge is 0.327 e. The van der Waals surface area contributed by atoms with Gasteiger partial charge in [0.05, 0.1) is 22.8 Å². The summed E-state index contributed by atoms with van der Waals surface area (Å²) in [6.07, 6.45) is 3.57. The standard InChI is InChI=1S/C15H22N6O/c1-10-12(8-21(18-10)15(3,4)5)14(22)20-7-6-19-9-16-17-13(19)11(20)2/h8-9,11H,6-7H2,1-5H3. The molecule has 1 amide bonds. The summed E-state index contributed by atoms with van der Waals surface area (Å²) < 4.78 is 3.85. The molecule has 2 aromatic rings. The Bertz CT molecular complexity index is 708. The highest BCUT2D eigenvalue weighted by molar-refractivity contribution is 5.95. The van der Waals surface area contributed by atoms with Crippen LogP contribution in [0.1, 0.15) is 55.6 Å². The zero-order chi connectivity index (χ0) is 16.1. The van der Waals surface area contributed by atoms with E-state index in [2.05, 4.69) is 36.1 Å². The van der Waals surface area contributed by atoms with Crippen molar-refractivity contribution in [3.63, 3.8) is 0 Å². The Balaban J connectivity index is 1.91. The average Bonchev–Trinajstić information content (AvgIpc) is 3.04. The molecule has 118 valence electrons. The third kappa shape index (κ3) is 2.30. The summed E-state index contributed by atoms with van der Waals surface area (Å²) in [5.74, 6) is 0.843. The smallest absolute Gasteiger partial charge is 0.257 e. The van der Waals surface area contributed by atoms with Gasteiger partial charge in [0.2, 0.25) is 0 Å². The summed E-state index contributed by atoms with van der Waals surface area (Å²) in [7, 11) is 0. The maximum absolute atomic E-state index is 12.9. The van der Waals surface area contributed by atoms with Crippen molar-refractivity contribution >= 4 is 5.91 Å². The van der Waals surface area contributed by atoms with Crippen molar-refractivity contribution in [2.75, 3.05) is 6.54 Å². The van der Waals surface area contributed by atoms with Crippen molar-refractivity contribution in [2.45, 2.75) is 52.7 Å². The Hall–Kier alpha value is -2.18. The molecule has 1 unspecified atom stereocenters. The van der Waals surface area contributed by atoms with E-state index in [0.717, 1.165) is 18.1 Å². The number of aryl methyl sites for hydroxylation is 1. The molecule has 0 aliphatic carbocycles. The van der Waals surface area contributed by atoms with Crippen LogP contribution in [-0.2, 0) is 12.1 Å². The van der Waals surface area contributed by atoms with Crippen LogP contribution in [0.4, 0.5) is 0 Å². The molecule has 7 nitrogen and oxygen atoms in total. The molecule has 0 aromatic carbocycles. The number of hydrogen-bond donors (Lipinski definition) is 0. The molecule has 1 aliphatic rings. The van der Waals surface area contributed by atoms with Gasteiger partial charge < -0.3 is 9.47 Å². The molecular weight excluding hydrogens is 280 g/mol. The zero-order valence-electron chi connectivity index (χ0n) is 13.7. The number of fused-ring (bicyclic) bond motifs is 1. The summed E-state index contributed by atoms with van der Waals surface area (Å²) in [4.78, 5) is 14.8. The predicted molar refractivity (Wildman–Crippen MR) is 81.4 cm³/mol. The summed E-state index contributed by atoms with van der Waals surface area (Å²) in [5.41, 5.74) is 1.28. The molecule has 0 bridgehead atoms. The van der Waals surface area contributed by atoms with Crippen LogP contribution < -0.4 is 0 Å². The van der Waals surface area contributed by atoms with E-state index in [9.17, 15) is 4.79 Å². The molecule has 7 heteroatoms. The second-order valence-corrected chi connectivity index (χ2v) is 6.80. The highest BCUT2D eigenvalue weighted by Crippen LogP contribution is 2.26. The molecule has 0 spiro atoms. The SMILES string of the molecule is Cc1nn(C(C)(C)C)cc1C(=O)N1CCn2cnnc2C1C. The Morgan fingerprint density at radius 3 is 2.68 bits per heavy atom.